The summed E-state index contributed by atoms with van der Waals surface area (Å²) in [6, 6.07) is 14.1. The van der Waals surface area contributed by atoms with Gasteiger partial charge >= 0.3 is 0 Å². The lowest BCUT2D eigenvalue weighted by Gasteiger charge is -2.05. The highest BCUT2D eigenvalue weighted by Crippen LogP contribution is 2.11. The summed E-state index contributed by atoms with van der Waals surface area (Å²) in [5.41, 5.74) is 1.11. The van der Waals surface area contributed by atoms with Crippen LogP contribution in [0.15, 0.2) is 48.7 Å². The van der Waals surface area contributed by atoms with Crippen molar-refractivity contribution in [3.8, 4) is 5.69 Å². The van der Waals surface area contributed by atoms with E-state index in [-0.39, 0.29) is 0 Å². The number of rotatable bonds is 1. The number of halogens is 1. The molecule has 0 saturated heterocycles. The maximum atomic E-state index is 5.23. The van der Waals surface area contributed by atoms with Crippen LogP contribution in [0.2, 0.25) is 0 Å². The molecular weight excluding hydrogens is 305 g/mol. The molecule has 0 unspecified atom stereocenters. The van der Waals surface area contributed by atoms with Crippen molar-refractivity contribution in [1.82, 2.24) is 4.57 Å². The van der Waals surface area contributed by atoms with Gasteiger partial charge in [-0.25, -0.2) is 0 Å². The van der Waals surface area contributed by atoms with Crippen molar-refractivity contribution in [3.05, 3.63) is 56.9 Å². The second-order valence-corrected chi connectivity index (χ2v) is 4.55. The first-order chi connectivity index (χ1) is 6.77. The fourth-order valence-electron chi connectivity index (χ4n) is 1.24. The van der Waals surface area contributed by atoms with Crippen LogP contribution in [0.1, 0.15) is 0 Å². The fraction of sp³-hybridized carbons (Fsp3) is 0. The number of hydrogen-bond donors (Lipinski definition) is 0. The Labute approximate surface area is 102 Å². The summed E-state index contributed by atoms with van der Waals surface area (Å²) in [5, 5.41) is 0. The van der Waals surface area contributed by atoms with Crippen molar-refractivity contribution >= 4 is 34.8 Å². The molecule has 0 aliphatic rings. The number of nitrogens with zero attached hydrogens (tertiary/aromatic N) is 1. The van der Waals surface area contributed by atoms with Crippen LogP contribution in [0.25, 0.3) is 5.69 Å². The molecule has 2 rings (SSSR count). The maximum Gasteiger partial charge on any atom is 0.110 e. The summed E-state index contributed by atoms with van der Waals surface area (Å²) < 4.78 is 4.05. The van der Waals surface area contributed by atoms with Crippen molar-refractivity contribution in [2.75, 3.05) is 0 Å². The van der Waals surface area contributed by atoms with Crippen LogP contribution in [-0.2, 0) is 0 Å². The lowest BCUT2D eigenvalue weighted by atomic mass is 10.3. The Morgan fingerprint density at radius 2 is 1.71 bits per heavy atom. The van der Waals surface area contributed by atoms with E-state index in [1.807, 2.05) is 29.0 Å². The molecule has 0 bridgehead atoms. The molecule has 0 radical (unpaired) electrons. The molecule has 0 saturated carbocycles. The number of benzene rings is 1. The van der Waals surface area contributed by atoms with Crippen molar-refractivity contribution in [2.45, 2.75) is 0 Å². The number of hydrogen-bond acceptors (Lipinski definition) is 1. The molecule has 1 aromatic carbocycles. The summed E-state index contributed by atoms with van der Waals surface area (Å²) in [6.45, 7) is 0. The van der Waals surface area contributed by atoms with Crippen molar-refractivity contribution < 1.29 is 0 Å². The Hall–Kier alpha value is -0.680. The smallest absolute Gasteiger partial charge is 0.110 e. The topological polar surface area (TPSA) is 4.93 Å². The molecule has 1 nitrogen and oxygen atoms in total. The SMILES string of the molecule is S=c1ccccn1-c1ccc(I)cc1. The van der Waals surface area contributed by atoms with Crippen molar-refractivity contribution in [2.24, 2.45) is 0 Å². The largest absolute Gasteiger partial charge is 0.308 e. The highest BCUT2D eigenvalue weighted by atomic mass is 127. The summed E-state index contributed by atoms with van der Waals surface area (Å²) in [6.07, 6.45) is 1.98. The minimum Gasteiger partial charge on any atom is -0.308 e. The van der Waals surface area contributed by atoms with E-state index in [0.717, 1.165) is 10.3 Å². The molecule has 0 aliphatic heterocycles. The fourth-order valence-corrected chi connectivity index (χ4v) is 1.85. The summed E-state index contributed by atoms with van der Waals surface area (Å²) >= 11 is 7.52. The molecule has 70 valence electrons. The van der Waals surface area contributed by atoms with Crippen molar-refractivity contribution in [3.63, 3.8) is 0 Å². The van der Waals surface area contributed by atoms with Gasteiger partial charge in [-0.05, 0) is 59.0 Å². The summed E-state index contributed by atoms with van der Waals surface area (Å²) in [5.74, 6) is 0. The van der Waals surface area contributed by atoms with Crippen LogP contribution < -0.4 is 0 Å². The zero-order chi connectivity index (χ0) is 9.97. The van der Waals surface area contributed by atoms with Crippen LogP contribution >= 0.6 is 34.8 Å². The lowest BCUT2D eigenvalue weighted by molar-refractivity contribution is 1.03. The average molecular weight is 313 g/mol. The minimum atomic E-state index is 0.828. The van der Waals surface area contributed by atoms with E-state index < -0.39 is 0 Å². The quantitative estimate of drug-likeness (QED) is 0.572. The van der Waals surface area contributed by atoms with Crippen molar-refractivity contribution in [1.29, 1.82) is 0 Å². The molecule has 0 N–H and O–H groups in total. The second-order valence-electron chi connectivity index (χ2n) is 2.89. The molecule has 0 atom stereocenters. The molecule has 1 aromatic heterocycles. The van der Waals surface area contributed by atoms with E-state index in [9.17, 15) is 0 Å². The number of pyridine rings is 1. The Morgan fingerprint density at radius 1 is 1.00 bits per heavy atom. The van der Waals surface area contributed by atoms with Gasteiger partial charge in [0.05, 0.1) is 0 Å². The molecule has 0 fully saturated rings. The van der Waals surface area contributed by atoms with Gasteiger partial charge in [-0.3, -0.25) is 0 Å². The lowest BCUT2D eigenvalue weighted by Crippen LogP contribution is -1.94. The molecule has 0 spiro atoms. The van der Waals surface area contributed by atoms with Crippen LogP contribution in [-0.4, -0.2) is 4.57 Å². The third-order valence-electron chi connectivity index (χ3n) is 1.93. The first kappa shape index (κ1) is 9.86. The summed E-state index contributed by atoms with van der Waals surface area (Å²) in [7, 11) is 0. The maximum absolute atomic E-state index is 5.23. The van der Waals surface area contributed by atoms with Crippen LogP contribution in [0.5, 0.6) is 0 Å². The third kappa shape index (κ3) is 2.04. The van der Waals surface area contributed by atoms with E-state index in [0.29, 0.717) is 0 Å². The van der Waals surface area contributed by atoms with E-state index in [2.05, 4.69) is 46.9 Å². The molecule has 3 heteroatoms. The second kappa shape index (κ2) is 4.23. The van der Waals surface area contributed by atoms with Gasteiger partial charge in [-0.1, -0.05) is 18.3 Å². The van der Waals surface area contributed by atoms with Gasteiger partial charge in [0.1, 0.15) is 4.64 Å². The Bertz CT molecular complexity index is 487. The molecule has 1 heterocycles. The van der Waals surface area contributed by atoms with Gasteiger partial charge in [0.25, 0.3) is 0 Å². The van der Waals surface area contributed by atoms with Crippen LogP contribution in [0.3, 0.4) is 0 Å². The monoisotopic (exact) mass is 313 g/mol. The zero-order valence-corrected chi connectivity index (χ0v) is 10.3. The Morgan fingerprint density at radius 3 is 2.36 bits per heavy atom. The predicted octanol–water partition coefficient (Wildman–Crippen LogP) is 3.81. The summed E-state index contributed by atoms with van der Waals surface area (Å²) in [4.78, 5) is 0. The molecular formula is C11H8INS. The van der Waals surface area contributed by atoms with E-state index >= 15 is 0 Å². The Kier molecular flexibility index (Phi) is 2.98. The highest BCUT2D eigenvalue weighted by Gasteiger charge is 1.94. The third-order valence-corrected chi connectivity index (χ3v) is 2.98. The van der Waals surface area contributed by atoms with E-state index in [4.69, 9.17) is 12.2 Å². The minimum absolute atomic E-state index is 0.828. The van der Waals surface area contributed by atoms with Gasteiger partial charge in [0.15, 0.2) is 0 Å². The van der Waals surface area contributed by atoms with Crippen LogP contribution in [0, 0.1) is 8.21 Å². The molecule has 0 amide bonds. The predicted molar refractivity (Wildman–Crippen MR) is 69.3 cm³/mol. The standard InChI is InChI=1S/C11H8INS/c12-9-4-6-10(7-5-9)13-8-2-1-3-11(13)14/h1-8H. The Balaban J connectivity index is 2.56. The van der Waals surface area contributed by atoms with E-state index in [1.165, 1.54) is 3.57 Å². The molecule has 0 aliphatic carbocycles. The van der Waals surface area contributed by atoms with Gasteiger partial charge in [-0.2, -0.15) is 0 Å². The average Bonchev–Trinajstić information content (AvgIpc) is 2.20. The van der Waals surface area contributed by atoms with Gasteiger partial charge in [0, 0.05) is 15.5 Å². The highest BCUT2D eigenvalue weighted by molar-refractivity contribution is 14.1. The first-order valence-corrected chi connectivity index (χ1v) is 5.70. The molecule has 2 aromatic rings. The zero-order valence-electron chi connectivity index (χ0n) is 7.35. The van der Waals surface area contributed by atoms with Gasteiger partial charge < -0.3 is 4.57 Å². The van der Waals surface area contributed by atoms with Gasteiger partial charge in [-0.15, -0.1) is 0 Å². The molecule has 14 heavy (non-hydrogen) atoms. The van der Waals surface area contributed by atoms with Crippen LogP contribution in [0.4, 0.5) is 0 Å². The number of aromatic nitrogens is 1. The first-order valence-electron chi connectivity index (χ1n) is 4.21. The normalized spacial score (nSPS) is 10.1. The van der Waals surface area contributed by atoms with Gasteiger partial charge in [0.2, 0.25) is 0 Å². The van der Waals surface area contributed by atoms with E-state index in [1.54, 1.807) is 0 Å².